The van der Waals surface area contributed by atoms with E-state index in [1.165, 1.54) is 7.11 Å². The van der Waals surface area contributed by atoms with E-state index in [-0.39, 0.29) is 53.5 Å². The van der Waals surface area contributed by atoms with Crippen molar-refractivity contribution >= 4 is 45.3 Å². The Balaban J connectivity index is 1.23. The lowest BCUT2D eigenvalue weighted by molar-refractivity contribution is -0.0366. The van der Waals surface area contributed by atoms with E-state index in [0.717, 1.165) is 68.9 Å². The number of fused-ring (bicyclic) bond motifs is 3. The summed E-state index contributed by atoms with van der Waals surface area (Å²) in [6, 6.07) is 1.96. The molecule has 296 valence electrons. The number of nitrogens with zero attached hydrogens (tertiary/aromatic N) is 7. The Morgan fingerprint density at radius 1 is 1.04 bits per heavy atom. The summed E-state index contributed by atoms with van der Waals surface area (Å²) in [5, 5.41) is 6.05. The molecule has 55 heavy (non-hydrogen) atoms. The molecule has 8 rings (SSSR count). The van der Waals surface area contributed by atoms with Crippen molar-refractivity contribution in [3.63, 3.8) is 0 Å². The summed E-state index contributed by atoms with van der Waals surface area (Å²) in [7, 11) is 1.51. The third-order valence-corrected chi connectivity index (χ3v) is 12.0. The number of hydrogen-bond acceptors (Lipinski definition) is 11. The molecule has 0 N–H and O–H groups in total. The zero-order valence-corrected chi connectivity index (χ0v) is 33.2. The number of ether oxygens (including phenoxy) is 5. The standard InChI is InChI=1S/C40H51ClFN7O6/c1-24-21-26-25(22-43-49(26)28-12-6-7-19-53-28)29(31(24)41)33-32(42)34-30(36(44-33)51-5)35(47-15-10-18-52-20-17-47)46-37(45-34)54-23-40-13-8-11-27(40)48(16-9-14-40)38(50)55-39(2,3)4/h21-22,27-28H,6-20,23H2,1-5H3. The molecule has 0 spiro atoms. The Morgan fingerprint density at radius 2 is 1.87 bits per heavy atom. The van der Waals surface area contributed by atoms with Crippen molar-refractivity contribution < 1.29 is 32.9 Å². The summed E-state index contributed by atoms with van der Waals surface area (Å²) < 4.78 is 49.5. The molecule has 3 aliphatic heterocycles. The van der Waals surface area contributed by atoms with Gasteiger partial charge >= 0.3 is 12.1 Å². The van der Waals surface area contributed by atoms with Gasteiger partial charge in [0.05, 0.1) is 37.1 Å². The highest BCUT2D eigenvalue weighted by atomic mass is 35.5. The summed E-state index contributed by atoms with van der Waals surface area (Å²) in [5.41, 5.74) is 1.03. The van der Waals surface area contributed by atoms with Crippen molar-refractivity contribution in [2.45, 2.75) is 103 Å². The van der Waals surface area contributed by atoms with Crippen LogP contribution in [0.1, 0.15) is 90.3 Å². The first-order chi connectivity index (χ1) is 26.5. The van der Waals surface area contributed by atoms with Gasteiger partial charge < -0.3 is 33.5 Å². The lowest BCUT2D eigenvalue weighted by Crippen LogP contribution is -2.55. The molecule has 0 bridgehead atoms. The van der Waals surface area contributed by atoms with Crippen LogP contribution in [-0.4, -0.2) is 101 Å². The maximum atomic E-state index is 17.5. The fraction of sp³-hybridized carbons (Fsp3) is 0.625. The van der Waals surface area contributed by atoms with Gasteiger partial charge in [0.2, 0.25) is 5.88 Å². The number of methoxy groups -OCH3 is 1. The van der Waals surface area contributed by atoms with Crippen molar-refractivity contribution in [3.8, 4) is 23.1 Å². The molecule has 3 unspecified atom stereocenters. The number of hydrogen-bond donors (Lipinski definition) is 0. The molecule has 6 heterocycles. The van der Waals surface area contributed by atoms with E-state index < -0.39 is 11.4 Å². The van der Waals surface area contributed by atoms with Gasteiger partial charge in [-0.1, -0.05) is 18.0 Å². The summed E-state index contributed by atoms with van der Waals surface area (Å²) in [5.74, 6) is -0.0411. The quantitative estimate of drug-likeness (QED) is 0.181. The predicted octanol–water partition coefficient (Wildman–Crippen LogP) is 8.03. The highest BCUT2D eigenvalue weighted by molar-refractivity contribution is 6.35. The number of aryl methyl sites for hydroxylation is 1. The van der Waals surface area contributed by atoms with Crippen molar-refractivity contribution in [2.75, 3.05) is 58.1 Å². The molecule has 1 amide bonds. The molecule has 1 saturated carbocycles. The zero-order valence-electron chi connectivity index (χ0n) is 32.5. The molecule has 3 aromatic heterocycles. The molecule has 13 nitrogen and oxygen atoms in total. The van der Waals surface area contributed by atoms with E-state index in [2.05, 4.69) is 4.90 Å². The van der Waals surface area contributed by atoms with Crippen LogP contribution in [0.5, 0.6) is 11.9 Å². The SMILES string of the molecule is COc1nc(-c2c(Cl)c(C)cc3c2cnn3C2CCCCO2)c(F)c2nc(OCC34CCCC3N(C(=O)OC(C)(C)C)CCC4)nc(N3CCCOCC3)c12. The van der Waals surface area contributed by atoms with Gasteiger partial charge in [0, 0.05) is 55.3 Å². The third kappa shape index (κ3) is 7.14. The van der Waals surface area contributed by atoms with Crippen LogP contribution in [0, 0.1) is 18.2 Å². The Kier molecular flexibility index (Phi) is 10.4. The van der Waals surface area contributed by atoms with Crippen LogP contribution in [-0.2, 0) is 14.2 Å². The van der Waals surface area contributed by atoms with Crippen LogP contribution < -0.4 is 14.4 Å². The van der Waals surface area contributed by atoms with E-state index in [1.54, 1.807) is 6.20 Å². The maximum Gasteiger partial charge on any atom is 0.410 e. The number of pyridine rings is 1. The second-order valence-electron chi connectivity index (χ2n) is 16.4. The number of aromatic nitrogens is 5. The van der Waals surface area contributed by atoms with Gasteiger partial charge in [-0.05, 0) is 90.7 Å². The Hall–Kier alpha value is -4.01. The van der Waals surface area contributed by atoms with Crippen LogP contribution in [0.4, 0.5) is 15.0 Å². The second kappa shape index (κ2) is 15.2. The first-order valence-electron chi connectivity index (χ1n) is 19.7. The highest BCUT2D eigenvalue weighted by Gasteiger charge is 2.51. The molecule has 4 fully saturated rings. The number of benzene rings is 1. The minimum Gasteiger partial charge on any atom is -0.480 e. The van der Waals surface area contributed by atoms with Crippen LogP contribution in [0.3, 0.4) is 0 Å². The van der Waals surface area contributed by atoms with Crippen LogP contribution in [0.15, 0.2) is 12.3 Å². The Labute approximate surface area is 325 Å². The van der Waals surface area contributed by atoms with Gasteiger partial charge in [-0.2, -0.15) is 15.1 Å². The summed E-state index contributed by atoms with van der Waals surface area (Å²) in [4.78, 5) is 31.8. The van der Waals surface area contributed by atoms with Crippen molar-refractivity contribution in [2.24, 2.45) is 5.41 Å². The van der Waals surface area contributed by atoms with Gasteiger partial charge in [0.25, 0.3) is 0 Å². The van der Waals surface area contributed by atoms with Gasteiger partial charge in [-0.25, -0.2) is 18.9 Å². The monoisotopic (exact) mass is 779 g/mol. The minimum atomic E-state index is -0.670. The molecule has 4 aliphatic rings. The van der Waals surface area contributed by atoms with Gasteiger partial charge in [-0.15, -0.1) is 0 Å². The Morgan fingerprint density at radius 3 is 2.65 bits per heavy atom. The van der Waals surface area contributed by atoms with E-state index in [9.17, 15) is 4.79 Å². The van der Waals surface area contributed by atoms with Gasteiger partial charge in [0.15, 0.2) is 12.0 Å². The average Bonchev–Trinajstić information content (AvgIpc) is 3.69. The third-order valence-electron chi connectivity index (χ3n) is 11.5. The largest absolute Gasteiger partial charge is 0.480 e. The maximum absolute atomic E-state index is 17.5. The number of likely N-dealkylation sites (tertiary alicyclic amines) is 1. The number of anilines is 1. The molecule has 15 heteroatoms. The lowest BCUT2D eigenvalue weighted by atomic mass is 9.75. The lowest BCUT2D eigenvalue weighted by Gasteiger charge is -2.46. The minimum absolute atomic E-state index is 0.00306. The number of amides is 1. The van der Waals surface area contributed by atoms with E-state index in [1.807, 2.05) is 43.3 Å². The Bertz CT molecular complexity index is 2080. The van der Waals surface area contributed by atoms with E-state index >= 15 is 4.39 Å². The number of rotatable bonds is 7. The second-order valence-corrected chi connectivity index (χ2v) is 16.7. The molecule has 3 atom stereocenters. The van der Waals surface area contributed by atoms with Crippen molar-refractivity contribution in [3.05, 3.63) is 28.7 Å². The summed E-state index contributed by atoms with van der Waals surface area (Å²) in [6.45, 7) is 11.3. The normalized spacial score (nSPS) is 23.5. The predicted molar refractivity (Wildman–Crippen MR) is 207 cm³/mol. The number of carbonyl (C=O) groups excluding carboxylic acids is 1. The zero-order chi connectivity index (χ0) is 38.5. The van der Waals surface area contributed by atoms with Crippen molar-refractivity contribution in [1.29, 1.82) is 0 Å². The van der Waals surface area contributed by atoms with Gasteiger partial charge in [0.1, 0.15) is 28.0 Å². The molecule has 3 saturated heterocycles. The number of carbonyl (C=O) groups is 1. The fourth-order valence-corrected chi connectivity index (χ4v) is 9.23. The van der Waals surface area contributed by atoms with Gasteiger partial charge in [-0.3, -0.25) is 0 Å². The topological polar surface area (TPSA) is 126 Å². The summed E-state index contributed by atoms with van der Waals surface area (Å²) >= 11 is 7.05. The molecule has 1 aromatic carbocycles. The summed E-state index contributed by atoms with van der Waals surface area (Å²) in [6.07, 6.45) is 9.21. The molecular weight excluding hydrogens is 729 g/mol. The van der Waals surface area contributed by atoms with Crippen LogP contribution in [0.2, 0.25) is 5.02 Å². The first kappa shape index (κ1) is 37.9. The number of piperidine rings is 1. The molecule has 4 aromatic rings. The van der Waals surface area contributed by atoms with Crippen LogP contribution >= 0.6 is 11.6 Å². The average molecular weight is 780 g/mol. The smallest absolute Gasteiger partial charge is 0.410 e. The van der Waals surface area contributed by atoms with Crippen LogP contribution in [0.25, 0.3) is 33.1 Å². The highest BCUT2D eigenvalue weighted by Crippen LogP contribution is 2.49. The molecule has 1 aliphatic carbocycles. The molecular formula is C40H51ClFN7O6. The van der Waals surface area contributed by atoms with E-state index in [0.29, 0.717) is 66.6 Å². The molecule has 0 radical (unpaired) electrons. The first-order valence-corrected chi connectivity index (χ1v) is 20.0. The fourth-order valence-electron chi connectivity index (χ4n) is 8.98. The van der Waals surface area contributed by atoms with E-state index in [4.69, 9.17) is 55.3 Å². The number of halogens is 2. The van der Waals surface area contributed by atoms with Crippen molar-refractivity contribution in [1.82, 2.24) is 29.6 Å².